The van der Waals surface area contributed by atoms with Gasteiger partial charge in [-0.05, 0) is 48.5 Å². The molecule has 0 atom stereocenters. The molecule has 3 heterocycles. The van der Waals surface area contributed by atoms with Gasteiger partial charge in [-0.1, -0.05) is 11.8 Å². The molecular weight excluding hydrogens is 354 g/mol. The van der Waals surface area contributed by atoms with Crippen LogP contribution in [0.3, 0.4) is 0 Å². The summed E-state index contributed by atoms with van der Waals surface area (Å²) in [5.74, 6) is 2.32. The molecule has 0 saturated heterocycles. The highest BCUT2D eigenvalue weighted by Crippen LogP contribution is 2.29. The zero-order valence-corrected chi connectivity index (χ0v) is 14.9. The summed E-state index contributed by atoms with van der Waals surface area (Å²) in [5, 5.41) is 22.5. The Kier molecular flexibility index (Phi) is 3.96. The number of phenols is 1. The predicted octanol–water partition coefficient (Wildman–Crippen LogP) is 2.40. The Balaban J connectivity index is 1.60. The van der Waals surface area contributed by atoms with Crippen molar-refractivity contribution in [3.63, 3.8) is 0 Å². The number of anilines is 1. The maximum absolute atomic E-state index is 9.41. The number of rotatable bonds is 4. The summed E-state index contributed by atoms with van der Waals surface area (Å²) in [7, 11) is 0. The fraction of sp³-hybridized carbons (Fsp3) is 0.188. The van der Waals surface area contributed by atoms with Crippen molar-refractivity contribution in [3.05, 3.63) is 41.4 Å². The molecule has 0 aliphatic heterocycles. The summed E-state index contributed by atoms with van der Waals surface area (Å²) in [5.41, 5.74) is 8.24. The highest BCUT2D eigenvalue weighted by atomic mass is 32.2. The molecule has 0 bridgehead atoms. The molecule has 0 aliphatic carbocycles. The van der Waals surface area contributed by atoms with Crippen LogP contribution in [0.2, 0.25) is 0 Å². The molecule has 3 aromatic heterocycles. The molecule has 0 spiro atoms. The fourth-order valence-corrected chi connectivity index (χ4v) is 3.29. The first-order valence-corrected chi connectivity index (χ1v) is 8.74. The van der Waals surface area contributed by atoms with E-state index in [9.17, 15) is 5.11 Å². The van der Waals surface area contributed by atoms with Crippen LogP contribution in [0.5, 0.6) is 5.75 Å². The number of tetrazole rings is 1. The lowest BCUT2D eigenvalue weighted by molar-refractivity contribution is 0.475. The number of aryl methyl sites for hydroxylation is 2. The van der Waals surface area contributed by atoms with Crippen molar-refractivity contribution in [3.8, 4) is 11.4 Å². The number of benzene rings is 1. The lowest BCUT2D eigenvalue weighted by atomic mass is 10.2. The molecule has 0 unspecified atom stereocenters. The van der Waals surface area contributed by atoms with Crippen LogP contribution in [0.25, 0.3) is 16.8 Å². The summed E-state index contributed by atoms with van der Waals surface area (Å²) < 4.78 is 7.23. The SMILES string of the molecule is Cc1oc2nc(CSc3nnnn3-c3ccc(O)cc3)nc(N)c2c1C. The first-order chi connectivity index (χ1) is 12.5. The van der Waals surface area contributed by atoms with E-state index in [-0.39, 0.29) is 5.75 Å². The van der Waals surface area contributed by atoms with Crippen LogP contribution in [0.15, 0.2) is 33.8 Å². The van der Waals surface area contributed by atoms with Gasteiger partial charge in [0.1, 0.15) is 23.2 Å². The van der Waals surface area contributed by atoms with E-state index in [4.69, 9.17) is 10.2 Å². The molecular formula is C16H15N7O2S. The van der Waals surface area contributed by atoms with E-state index in [0.29, 0.717) is 28.3 Å². The first kappa shape index (κ1) is 16.3. The van der Waals surface area contributed by atoms with Crippen molar-refractivity contribution in [2.24, 2.45) is 0 Å². The van der Waals surface area contributed by atoms with Crippen LogP contribution >= 0.6 is 11.8 Å². The second-order valence-corrected chi connectivity index (χ2v) is 6.61. The number of aromatic hydroxyl groups is 1. The Morgan fingerprint density at radius 3 is 2.73 bits per heavy atom. The molecule has 9 nitrogen and oxygen atoms in total. The Labute approximate surface area is 152 Å². The number of fused-ring (bicyclic) bond motifs is 1. The first-order valence-electron chi connectivity index (χ1n) is 7.75. The zero-order valence-electron chi connectivity index (χ0n) is 14.0. The van der Waals surface area contributed by atoms with Crippen molar-refractivity contribution in [2.45, 2.75) is 24.8 Å². The van der Waals surface area contributed by atoms with Gasteiger partial charge in [-0.3, -0.25) is 0 Å². The molecule has 0 radical (unpaired) electrons. The molecule has 132 valence electrons. The van der Waals surface area contributed by atoms with E-state index < -0.39 is 0 Å². The van der Waals surface area contributed by atoms with E-state index in [1.165, 1.54) is 11.8 Å². The molecule has 0 fully saturated rings. The van der Waals surface area contributed by atoms with Gasteiger partial charge in [0.25, 0.3) is 0 Å². The van der Waals surface area contributed by atoms with Crippen molar-refractivity contribution < 1.29 is 9.52 Å². The number of nitrogens with zero attached hydrogens (tertiary/aromatic N) is 6. The molecule has 4 rings (SSSR count). The smallest absolute Gasteiger partial charge is 0.231 e. The Morgan fingerprint density at radius 2 is 1.96 bits per heavy atom. The Hall–Kier alpha value is -3.14. The monoisotopic (exact) mass is 369 g/mol. The Bertz CT molecular complexity index is 1090. The molecule has 0 amide bonds. The van der Waals surface area contributed by atoms with E-state index >= 15 is 0 Å². The van der Waals surface area contributed by atoms with Crippen LogP contribution in [0.4, 0.5) is 5.82 Å². The van der Waals surface area contributed by atoms with Gasteiger partial charge in [-0.2, -0.15) is 9.67 Å². The number of furan rings is 1. The highest BCUT2D eigenvalue weighted by Gasteiger charge is 2.16. The number of phenolic OH excluding ortho intramolecular Hbond substituents is 1. The summed E-state index contributed by atoms with van der Waals surface area (Å²) >= 11 is 1.38. The quantitative estimate of drug-likeness (QED) is 0.521. The number of aromatic nitrogens is 6. The fourth-order valence-electron chi connectivity index (χ4n) is 2.55. The van der Waals surface area contributed by atoms with Crippen molar-refractivity contribution in [1.29, 1.82) is 0 Å². The minimum atomic E-state index is 0.178. The van der Waals surface area contributed by atoms with Crippen molar-refractivity contribution in [2.75, 3.05) is 5.73 Å². The molecule has 0 saturated carbocycles. The van der Waals surface area contributed by atoms with E-state index in [0.717, 1.165) is 22.4 Å². The van der Waals surface area contributed by atoms with Gasteiger partial charge >= 0.3 is 0 Å². The number of hydrogen-bond acceptors (Lipinski definition) is 9. The number of hydrogen-bond donors (Lipinski definition) is 2. The third-order valence-electron chi connectivity index (χ3n) is 3.97. The molecule has 0 aliphatic rings. The average Bonchev–Trinajstić information content (AvgIpc) is 3.19. The topological polar surface area (TPSA) is 129 Å². The van der Waals surface area contributed by atoms with E-state index in [1.807, 2.05) is 13.8 Å². The van der Waals surface area contributed by atoms with Crippen LogP contribution in [0.1, 0.15) is 17.1 Å². The summed E-state index contributed by atoms with van der Waals surface area (Å²) in [6, 6.07) is 6.60. The highest BCUT2D eigenvalue weighted by molar-refractivity contribution is 7.98. The third kappa shape index (κ3) is 2.84. The van der Waals surface area contributed by atoms with Gasteiger partial charge in [-0.15, -0.1) is 5.10 Å². The maximum atomic E-state index is 9.41. The standard InChI is InChI=1S/C16H15N7O2S/c1-8-9(2)25-15-13(8)14(17)18-12(19-15)7-26-16-20-21-22-23(16)10-3-5-11(24)6-4-10/h3-6,24H,7H2,1-2H3,(H2,17,18,19). The predicted molar refractivity (Wildman–Crippen MR) is 96.1 cm³/mol. The van der Waals surface area contributed by atoms with Crippen LogP contribution in [0, 0.1) is 13.8 Å². The minimum absolute atomic E-state index is 0.178. The van der Waals surface area contributed by atoms with Crippen molar-refractivity contribution >= 4 is 28.7 Å². The zero-order chi connectivity index (χ0) is 18.3. The summed E-state index contributed by atoms with van der Waals surface area (Å²) in [6.45, 7) is 3.80. The van der Waals surface area contributed by atoms with Crippen LogP contribution in [-0.2, 0) is 5.75 Å². The molecule has 10 heteroatoms. The number of nitrogen functional groups attached to an aromatic ring is 1. The largest absolute Gasteiger partial charge is 0.508 e. The molecule has 26 heavy (non-hydrogen) atoms. The average molecular weight is 369 g/mol. The van der Waals surface area contributed by atoms with Gasteiger partial charge in [-0.25, -0.2) is 4.98 Å². The third-order valence-corrected chi connectivity index (χ3v) is 4.88. The number of nitrogens with two attached hydrogens (primary N) is 1. The van der Waals surface area contributed by atoms with Gasteiger partial charge in [0.15, 0.2) is 0 Å². The summed E-state index contributed by atoms with van der Waals surface area (Å²) in [4.78, 5) is 8.81. The number of thioether (sulfide) groups is 1. The van der Waals surface area contributed by atoms with Crippen LogP contribution in [-0.4, -0.2) is 35.3 Å². The van der Waals surface area contributed by atoms with Gasteiger partial charge in [0.2, 0.25) is 10.9 Å². The van der Waals surface area contributed by atoms with E-state index in [1.54, 1.807) is 28.9 Å². The van der Waals surface area contributed by atoms with Gasteiger partial charge in [0.05, 0.1) is 16.8 Å². The van der Waals surface area contributed by atoms with Crippen LogP contribution < -0.4 is 5.73 Å². The Morgan fingerprint density at radius 1 is 1.19 bits per heavy atom. The lowest BCUT2D eigenvalue weighted by Gasteiger charge is -2.04. The second kappa shape index (κ2) is 6.30. The van der Waals surface area contributed by atoms with Gasteiger partial charge < -0.3 is 15.3 Å². The molecule has 1 aromatic carbocycles. The lowest BCUT2D eigenvalue weighted by Crippen LogP contribution is -2.01. The minimum Gasteiger partial charge on any atom is -0.508 e. The van der Waals surface area contributed by atoms with E-state index in [2.05, 4.69) is 25.5 Å². The second-order valence-electron chi connectivity index (χ2n) is 5.67. The van der Waals surface area contributed by atoms with Crippen molar-refractivity contribution in [1.82, 2.24) is 30.2 Å². The normalized spacial score (nSPS) is 11.3. The molecule has 4 aromatic rings. The summed E-state index contributed by atoms with van der Waals surface area (Å²) in [6.07, 6.45) is 0. The van der Waals surface area contributed by atoms with Gasteiger partial charge in [0, 0.05) is 5.56 Å². The molecule has 3 N–H and O–H groups in total. The maximum Gasteiger partial charge on any atom is 0.231 e.